The van der Waals surface area contributed by atoms with Crippen molar-refractivity contribution >= 4 is 55.6 Å². The molecule has 128 valence electrons. The van der Waals surface area contributed by atoms with Crippen LogP contribution in [-0.2, 0) is 0 Å². The number of halogens is 3. The van der Waals surface area contributed by atoms with Gasteiger partial charge in [-0.1, -0.05) is 53.0 Å². The van der Waals surface area contributed by atoms with Gasteiger partial charge in [0.15, 0.2) is 0 Å². The van der Waals surface area contributed by atoms with Gasteiger partial charge >= 0.3 is 0 Å². The number of carbonyl (C=O) groups excluding carboxylic acids is 1. The Morgan fingerprint density at radius 1 is 1.25 bits per heavy atom. The molecule has 0 fully saturated rings. The fourth-order valence-corrected chi connectivity index (χ4v) is 3.18. The summed E-state index contributed by atoms with van der Waals surface area (Å²) in [6.45, 7) is 5.87. The number of phenolic OH excluding ortho intramolecular Hbond substituents is 1. The normalized spacial score (nSPS) is 10.2. The second kappa shape index (κ2) is 9.81. The number of nitrogens with one attached hydrogen (secondary N) is 1. The molecule has 4 nitrogen and oxygen atoms in total. The number of aryl methyl sites for hydroxylation is 1. The minimum absolute atomic E-state index is 0.0368. The van der Waals surface area contributed by atoms with E-state index < -0.39 is 5.91 Å². The summed E-state index contributed by atoms with van der Waals surface area (Å²) in [6, 6.07) is 8.54. The van der Waals surface area contributed by atoms with E-state index in [1.165, 1.54) is 6.21 Å². The maximum Gasteiger partial charge on any atom is 0.272 e. The lowest BCUT2D eigenvalue weighted by Gasteiger charge is -2.05. The van der Waals surface area contributed by atoms with E-state index in [0.717, 1.165) is 10.0 Å². The molecular weight excluding hydrogens is 459 g/mol. The van der Waals surface area contributed by atoms with Gasteiger partial charge in [0.05, 0.1) is 21.3 Å². The summed E-state index contributed by atoms with van der Waals surface area (Å²) < 4.78 is 1.29. The van der Waals surface area contributed by atoms with E-state index in [1.54, 1.807) is 24.3 Å². The fourth-order valence-electron chi connectivity index (χ4n) is 1.72. The third kappa shape index (κ3) is 5.61. The number of amides is 1. The average Bonchev–Trinajstić information content (AvgIpc) is 2.56. The molecule has 0 aliphatic carbocycles. The van der Waals surface area contributed by atoms with Crippen LogP contribution in [0.2, 0.25) is 5.02 Å². The van der Waals surface area contributed by atoms with Gasteiger partial charge in [0.2, 0.25) is 0 Å². The maximum absolute atomic E-state index is 12.0. The summed E-state index contributed by atoms with van der Waals surface area (Å²) in [6.07, 6.45) is 1.35. The molecule has 0 bridgehead atoms. The first-order chi connectivity index (χ1) is 11.4. The lowest BCUT2D eigenvalue weighted by molar-refractivity contribution is 0.0955. The van der Waals surface area contributed by atoms with Crippen LogP contribution in [0.1, 0.15) is 35.3 Å². The lowest BCUT2D eigenvalue weighted by Crippen LogP contribution is -2.18. The topological polar surface area (TPSA) is 61.7 Å². The van der Waals surface area contributed by atoms with Crippen molar-refractivity contribution in [3.63, 3.8) is 0 Å². The Kier molecular flexibility index (Phi) is 8.45. The highest BCUT2D eigenvalue weighted by Gasteiger charge is 2.10. The Balaban J connectivity index is 0.00000139. The smallest absolute Gasteiger partial charge is 0.272 e. The van der Waals surface area contributed by atoms with Gasteiger partial charge in [-0.2, -0.15) is 5.10 Å². The van der Waals surface area contributed by atoms with Crippen LogP contribution in [0.25, 0.3) is 0 Å². The summed E-state index contributed by atoms with van der Waals surface area (Å²) in [5.74, 6) is -0.381. The molecule has 0 radical (unpaired) electrons. The molecular formula is C17H17Br2ClN2O2. The summed E-state index contributed by atoms with van der Waals surface area (Å²) >= 11 is 12.5. The Labute approximate surface area is 163 Å². The summed E-state index contributed by atoms with van der Waals surface area (Å²) in [5.41, 5.74) is 4.11. The van der Waals surface area contributed by atoms with E-state index in [-0.39, 0.29) is 5.75 Å². The number of benzene rings is 2. The zero-order chi connectivity index (χ0) is 18.3. The van der Waals surface area contributed by atoms with Gasteiger partial charge in [-0.05, 0) is 47.1 Å². The van der Waals surface area contributed by atoms with Crippen molar-refractivity contribution in [3.05, 3.63) is 61.0 Å². The molecule has 2 aromatic carbocycles. The number of hydrogen-bond acceptors (Lipinski definition) is 3. The van der Waals surface area contributed by atoms with E-state index >= 15 is 0 Å². The van der Waals surface area contributed by atoms with Crippen LogP contribution >= 0.6 is 43.5 Å². The Morgan fingerprint density at radius 3 is 2.58 bits per heavy atom. The van der Waals surface area contributed by atoms with E-state index in [1.807, 2.05) is 26.8 Å². The van der Waals surface area contributed by atoms with Crippen LogP contribution in [0.3, 0.4) is 0 Å². The molecule has 2 rings (SSSR count). The van der Waals surface area contributed by atoms with Crippen LogP contribution in [-0.4, -0.2) is 17.2 Å². The zero-order valence-electron chi connectivity index (χ0n) is 13.4. The molecule has 1 amide bonds. The summed E-state index contributed by atoms with van der Waals surface area (Å²) in [5, 5.41) is 14.1. The van der Waals surface area contributed by atoms with Crippen LogP contribution in [0.15, 0.2) is 44.4 Å². The largest absolute Gasteiger partial charge is 0.506 e. The van der Waals surface area contributed by atoms with Gasteiger partial charge in [0.1, 0.15) is 5.75 Å². The van der Waals surface area contributed by atoms with Gasteiger partial charge in [-0.3, -0.25) is 4.79 Å². The van der Waals surface area contributed by atoms with E-state index in [9.17, 15) is 9.90 Å². The van der Waals surface area contributed by atoms with Crippen LogP contribution in [0.4, 0.5) is 0 Å². The SMILES string of the molecule is CC.Cc1ccc(Cl)c(C(=O)N/N=C/c2cc(Br)cc(Br)c2O)c1. The first-order valence-electron chi connectivity index (χ1n) is 7.16. The molecule has 0 unspecified atom stereocenters. The van der Waals surface area contributed by atoms with Gasteiger partial charge < -0.3 is 5.11 Å². The molecule has 0 atom stereocenters. The van der Waals surface area contributed by atoms with Crippen molar-refractivity contribution in [1.29, 1.82) is 0 Å². The van der Waals surface area contributed by atoms with Gasteiger partial charge in [-0.15, -0.1) is 0 Å². The van der Waals surface area contributed by atoms with Crippen LogP contribution < -0.4 is 5.43 Å². The monoisotopic (exact) mass is 474 g/mol. The number of hydrazone groups is 1. The molecule has 0 spiro atoms. The van der Waals surface area contributed by atoms with Crippen molar-refractivity contribution in [2.45, 2.75) is 20.8 Å². The minimum atomic E-state index is -0.418. The van der Waals surface area contributed by atoms with E-state index in [2.05, 4.69) is 42.4 Å². The summed E-state index contributed by atoms with van der Waals surface area (Å²) in [4.78, 5) is 12.0. The first kappa shape index (κ1) is 20.7. The third-order valence-electron chi connectivity index (χ3n) is 2.79. The molecule has 0 heterocycles. The number of rotatable bonds is 3. The Morgan fingerprint density at radius 2 is 1.92 bits per heavy atom. The van der Waals surface area contributed by atoms with Crippen molar-refractivity contribution < 1.29 is 9.90 Å². The standard InChI is InChI=1S/C15H11Br2ClN2O2.C2H6/c1-8-2-3-13(18)11(4-8)15(22)20-19-7-9-5-10(16)6-12(17)14(9)21;1-2/h2-7,21H,1H3,(H,20,22);1-2H3/b19-7+;. The highest BCUT2D eigenvalue weighted by atomic mass is 79.9. The van der Waals surface area contributed by atoms with Crippen molar-refractivity contribution in [1.82, 2.24) is 5.43 Å². The molecule has 0 aromatic heterocycles. The zero-order valence-corrected chi connectivity index (χ0v) is 17.3. The van der Waals surface area contributed by atoms with Crippen LogP contribution in [0.5, 0.6) is 5.75 Å². The highest BCUT2D eigenvalue weighted by molar-refractivity contribution is 9.11. The lowest BCUT2D eigenvalue weighted by atomic mass is 10.1. The maximum atomic E-state index is 12.0. The molecule has 0 aliphatic heterocycles. The van der Waals surface area contributed by atoms with Crippen molar-refractivity contribution in [3.8, 4) is 5.75 Å². The number of aromatic hydroxyl groups is 1. The van der Waals surface area contributed by atoms with E-state index in [0.29, 0.717) is 20.6 Å². The molecule has 7 heteroatoms. The molecule has 0 saturated carbocycles. The number of nitrogens with zero attached hydrogens (tertiary/aromatic N) is 1. The second-order valence-electron chi connectivity index (χ2n) is 4.51. The Bertz CT molecular complexity index is 764. The molecule has 2 N–H and O–H groups in total. The first-order valence-corrected chi connectivity index (χ1v) is 9.12. The Hall–Kier alpha value is -1.37. The number of phenols is 1. The quantitative estimate of drug-likeness (QED) is 0.443. The molecule has 24 heavy (non-hydrogen) atoms. The van der Waals surface area contributed by atoms with Crippen molar-refractivity contribution in [2.24, 2.45) is 5.10 Å². The molecule has 0 saturated heterocycles. The average molecular weight is 477 g/mol. The van der Waals surface area contributed by atoms with Crippen LogP contribution in [0, 0.1) is 6.92 Å². The second-order valence-corrected chi connectivity index (χ2v) is 6.69. The predicted molar refractivity (Wildman–Crippen MR) is 106 cm³/mol. The fraction of sp³-hybridized carbons (Fsp3) is 0.176. The highest BCUT2D eigenvalue weighted by Crippen LogP contribution is 2.30. The van der Waals surface area contributed by atoms with Crippen molar-refractivity contribution in [2.75, 3.05) is 0 Å². The summed E-state index contributed by atoms with van der Waals surface area (Å²) in [7, 11) is 0. The minimum Gasteiger partial charge on any atom is -0.506 e. The molecule has 0 aliphatic rings. The van der Waals surface area contributed by atoms with Gasteiger partial charge in [0.25, 0.3) is 5.91 Å². The number of hydrogen-bond donors (Lipinski definition) is 2. The third-order valence-corrected chi connectivity index (χ3v) is 4.19. The number of carbonyl (C=O) groups is 1. The van der Waals surface area contributed by atoms with Gasteiger partial charge in [0, 0.05) is 10.0 Å². The predicted octanol–water partition coefficient (Wildman–Crippen LogP) is 5.67. The molecule has 2 aromatic rings. The van der Waals surface area contributed by atoms with E-state index in [4.69, 9.17) is 11.6 Å². The van der Waals surface area contributed by atoms with Gasteiger partial charge in [-0.25, -0.2) is 5.43 Å².